The van der Waals surface area contributed by atoms with Gasteiger partial charge in [0.05, 0.1) is 18.3 Å². The van der Waals surface area contributed by atoms with Crippen LogP contribution in [-0.2, 0) is 28.6 Å². The fraction of sp³-hybridized carbons (Fsp3) is 0.591. The minimum atomic E-state index is -4.11. The first kappa shape index (κ1) is 27.2. The van der Waals surface area contributed by atoms with Crippen molar-refractivity contribution in [2.24, 2.45) is 23.7 Å². The molecule has 0 heterocycles. The average Bonchev–Trinajstić information content (AvgIpc) is 3.37. The van der Waals surface area contributed by atoms with Crippen LogP contribution in [0.25, 0.3) is 0 Å². The van der Waals surface area contributed by atoms with Crippen molar-refractivity contribution < 1.29 is 46.3 Å². The molecular formula is C22H28FNO9S2. The van der Waals surface area contributed by atoms with Crippen LogP contribution in [-0.4, -0.2) is 65.9 Å². The number of carboxylic acid groups (broad SMARTS) is 2. The molecule has 0 aliphatic heterocycles. The SMILES string of the molecule is Cc1cc(SC[C@@H]2[C@H](OS(C)(=O)=O)[C@H]3[C@H](C(=O)O)[C@H]3[C@]2(NC(=O)OC(C)(C)C)C(=O)O)ccc1F. The Morgan fingerprint density at radius 1 is 1.23 bits per heavy atom. The lowest BCUT2D eigenvalue weighted by molar-refractivity contribution is -0.150. The van der Waals surface area contributed by atoms with E-state index in [0.717, 1.165) is 18.0 Å². The van der Waals surface area contributed by atoms with E-state index >= 15 is 0 Å². The van der Waals surface area contributed by atoms with Gasteiger partial charge < -0.3 is 20.3 Å². The molecule has 2 aliphatic carbocycles. The number of carbonyl (C=O) groups is 3. The Bertz CT molecular complexity index is 1150. The quantitative estimate of drug-likeness (QED) is 0.335. The van der Waals surface area contributed by atoms with E-state index in [4.69, 9.17) is 8.92 Å². The molecule has 13 heteroatoms. The first-order valence-corrected chi connectivity index (χ1v) is 13.5. The minimum Gasteiger partial charge on any atom is -0.481 e. The van der Waals surface area contributed by atoms with Crippen LogP contribution in [0.5, 0.6) is 0 Å². The van der Waals surface area contributed by atoms with Gasteiger partial charge >= 0.3 is 18.0 Å². The van der Waals surface area contributed by atoms with E-state index in [0.29, 0.717) is 10.5 Å². The molecule has 3 N–H and O–H groups in total. The van der Waals surface area contributed by atoms with Crippen LogP contribution >= 0.6 is 11.8 Å². The summed E-state index contributed by atoms with van der Waals surface area (Å²) in [6.45, 7) is 6.29. The van der Waals surface area contributed by atoms with Crippen LogP contribution in [0.15, 0.2) is 23.1 Å². The van der Waals surface area contributed by atoms with Crippen LogP contribution in [0.1, 0.15) is 26.3 Å². The molecule has 2 aliphatic rings. The van der Waals surface area contributed by atoms with Crippen LogP contribution < -0.4 is 5.32 Å². The van der Waals surface area contributed by atoms with E-state index < -0.39 is 74.9 Å². The van der Waals surface area contributed by atoms with Crippen molar-refractivity contribution in [2.45, 2.75) is 49.8 Å². The van der Waals surface area contributed by atoms with Crippen molar-refractivity contribution in [1.29, 1.82) is 0 Å². The second-order valence-corrected chi connectivity index (χ2v) is 12.6. The van der Waals surface area contributed by atoms with Gasteiger partial charge in [-0.05, 0) is 51.5 Å². The summed E-state index contributed by atoms with van der Waals surface area (Å²) >= 11 is 1.12. The molecule has 0 radical (unpaired) electrons. The topological polar surface area (TPSA) is 156 Å². The molecule has 0 spiro atoms. The lowest BCUT2D eigenvalue weighted by atomic mass is 9.80. The van der Waals surface area contributed by atoms with E-state index in [-0.39, 0.29) is 5.75 Å². The van der Waals surface area contributed by atoms with Crippen LogP contribution in [0.2, 0.25) is 0 Å². The molecule has 1 aromatic rings. The number of alkyl carbamates (subject to hydrolysis) is 1. The second-order valence-electron chi connectivity index (χ2n) is 9.86. The van der Waals surface area contributed by atoms with Crippen molar-refractivity contribution in [2.75, 3.05) is 12.0 Å². The molecule has 10 nitrogen and oxygen atoms in total. The third kappa shape index (κ3) is 5.56. The third-order valence-electron chi connectivity index (χ3n) is 6.15. The number of ether oxygens (including phenoxy) is 1. The Morgan fingerprint density at radius 2 is 1.86 bits per heavy atom. The van der Waals surface area contributed by atoms with E-state index in [9.17, 15) is 37.4 Å². The zero-order valence-corrected chi connectivity index (χ0v) is 21.4. The van der Waals surface area contributed by atoms with Crippen molar-refractivity contribution in [3.05, 3.63) is 29.6 Å². The van der Waals surface area contributed by atoms with Crippen molar-refractivity contribution in [1.82, 2.24) is 5.32 Å². The van der Waals surface area contributed by atoms with Gasteiger partial charge in [0.2, 0.25) is 0 Å². The zero-order chi connectivity index (χ0) is 26.5. The fourth-order valence-corrected chi connectivity index (χ4v) is 6.79. The summed E-state index contributed by atoms with van der Waals surface area (Å²) in [6, 6.07) is 4.28. The maximum atomic E-state index is 13.7. The summed E-state index contributed by atoms with van der Waals surface area (Å²) < 4.78 is 48.3. The Hall–Kier alpha value is -2.38. The summed E-state index contributed by atoms with van der Waals surface area (Å²) in [5, 5.41) is 22.4. The lowest BCUT2D eigenvalue weighted by Gasteiger charge is -2.38. The van der Waals surface area contributed by atoms with Gasteiger partial charge in [-0.25, -0.2) is 14.0 Å². The molecule has 0 saturated heterocycles. The number of rotatable bonds is 8. The second kappa shape index (κ2) is 9.25. The number of halogens is 1. The molecule has 0 aromatic heterocycles. The molecule has 1 aromatic carbocycles. The number of aliphatic carboxylic acids is 2. The van der Waals surface area contributed by atoms with E-state index in [1.807, 2.05) is 0 Å². The number of hydrogen-bond acceptors (Lipinski definition) is 8. The summed E-state index contributed by atoms with van der Waals surface area (Å²) in [5.41, 5.74) is -2.79. The monoisotopic (exact) mass is 533 g/mol. The van der Waals surface area contributed by atoms with Crippen molar-refractivity contribution in [3.63, 3.8) is 0 Å². The number of hydrogen-bond donors (Lipinski definition) is 3. The smallest absolute Gasteiger partial charge is 0.408 e. The maximum absolute atomic E-state index is 13.7. The molecule has 0 bridgehead atoms. The molecule has 2 fully saturated rings. The van der Waals surface area contributed by atoms with E-state index in [1.54, 1.807) is 33.8 Å². The average molecular weight is 534 g/mol. The predicted molar refractivity (Wildman–Crippen MR) is 123 cm³/mol. The lowest BCUT2D eigenvalue weighted by Crippen LogP contribution is -2.63. The molecule has 3 rings (SSSR count). The van der Waals surface area contributed by atoms with Gasteiger partial charge in [-0.1, -0.05) is 0 Å². The number of nitrogens with one attached hydrogen (secondary N) is 1. The van der Waals surface area contributed by atoms with E-state index in [1.165, 1.54) is 12.1 Å². The highest BCUT2D eigenvalue weighted by Crippen LogP contribution is 2.66. The number of thioether (sulfide) groups is 1. The Balaban J connectivity index is 2.05. The number of carboxylic acids is 2. The molecule has 194 valence electrons. The van der Waals surface area contributed by atoms with Gasteiger partial charge in [0.1, 0.15) is 11.4 Å². The standard InChI is InChI=1S/C22H28FNO9S2/c1-10-8-11(6-7-13(10)23)34-9-12-17(33-35(5,30)31)14-15(18(25)26)16(14)22(12,19(27)28)24-20(29)32-21(2,3)4/h6-8,12,14-17H,9H2,1-5H3,(H,24,29)(H,25,26)(H,27,28)/t12-,14+,15+,16+,17+,22+/m1/s1. The minimum absolute atomic E-state index is 0.0628. The summed E-state index contributed by atoms with van der Waals surface area (Å²) in [6.07, 6.45) is -1.62. The van der Waals surface area contributed by atoms with Gasteiger partial charge in [0.25, 0.3) is 10.1 Å². The largest absolute Gasteiger partial charge is 0.481 e. The number of carbonyl (C=O) groups excluding carboxylic acids is 1. The Labute approximate surface area is 206 Å². The Morgan fingerprint density at radius 3 is 2.34 bits per heavy atom. The zero-order valence-electron chi connectivity index (χ0n) is 19.8. The van der Waals surface area contributed by atoms with Gasteiger partial charge in [-0.2, -0.15) is 8.42 Å². The van der Waals surface area contributed by atoms with Crippen LogP contribution in [0, 0.1) is 36.4 Å². The highest BCUT2D eigenvalue weighted by atomic mass is 32.2. The van der Waals surface area contributed by atoms with Crippen LogP contribution in [0.3, 0.4) is 0 Å². The molecule has 1 amide bonds. The number of aryl methyl sites for hydroxylation is 1. The molecule has 35 heavy (non-hydrogen) atoms. The van der Waals surface area contributed by atoms with Gasteiger partial charge in [-0.3, -0.25) is 8.98 Å². The van der Waals surface area contributed by atoms with Gasteiger partial charge in [0, 0.05) is 28.4 Å². The maximum Gasteiger partial charge on any atom is 0.408 e. The fourth-order valence-electron chi connectivity index (χ4n) is 4.88. The normalized spacial score (nSPS) is 29.8. The predicted octanol–water partition coefficient (Wildman–Crippen LogP) is 2.50. The highest BCUT2D eigenvalue weighted by molar-refractivity contribution is 7.99. The van der Waals surface area contributed by atoms with Crippen LogP contribution in [0.4, 0.5) is 9.18 Å². The molecular weight excluding hydrogens is 505 g/mol. The van der Waals surface area contributed by atoms with Crippen molar-refractivity contribution >= 4 is 39.9 Å². The molecule has 2 saturated carbocycles. The summed E-state index contributed by atoms with van der Waals surface area (Å²) in [4.78, 5) is 37.9. The highest BCUT2D eigenvalue weighted by Gasteiger charge is 2.80. The van der Waals surface area contributed by atoms with Gasteiger partial charge in [-0.15, -0.1) is 11.8 Å². The first-order chi connectivity index (χ1) is 16.0. The first-order valence-electron chi connectivity index (χ1n) is 10.7. The third-order valence-corrected chi connectivity index (χ3v) is 7.84. The number of fused-ring (bicyclic) bond motifs is 1. The summed E-state index contributed by atoms with van der Waals surface area (Å²) in [5.74, 6) is -7.81. The van der Waals surface area contributed by atoms with E-state index in [2.05, 4.69) is 5.32 Å². The number of benzene rings is 1. The molecule has 0 unspecified atom stereocenters. The number of amides is 1. The molecule has 6 atom stereocenters. The van der Waals surface area contributed by atoms with Crippen molar-refractivity contribution in [3.8, 4) is 0 Å². The Kier molecular flexibility index (Phi) is 7.19. The van der Waals surface area contributed by atoms with Gasteiger partial charge in [0.15, 0.2) is 5.54 Å². The summed E-state index contributed by atoms with van der Waals surface area (Å²) in [7, 11) is -4.11.